The van der Waals surface area contributed by atoms with Crippen molar-refractivity contribution >= 4 is 28.6 Å². The van der Waals surface area contributed by atoms with Gasteiger partial charge < -0.3 is 5.32 Å². The van der Waals surface area contributed by atoms with Crippen LogP contribution in [-0.4, -0.2) is 4.98 Å². The third kappa shape index (κ3) is 2.48. The van der Waals surface area contributed by atoms with E-state index in [2.05, 4.69) is 10.3 Å². The highest BCUT2D eigenvalue weighted by atomic mass is 35.5. The Hall–Kier alpha value is -1.20. The van der Waals surface area contributed by atoms with Gasteiger partial charge in [-0.05, 0) is 6.07 Å². The fourth-order valence-electron chi connectivity index (χ4n) is 1.22. The molecular weight excluding hydrogens is 254 g/mol. The second-order valence-corrected chi connectivity index (χ2v) is 4.44. The molecule has 0 amide bonds. The van der Waals surface area contributed by atoms with Crippen molar-refractivity contribution in [2.24, 2.45) is 0 Å². The molecule has 1 aromatic heterocycles. The van der Waals surface area contributed by atoms with Crippen molar-refractivity contribution in [2.75, 3.05) is 5.32 Å². The van der Waals surface area contributed by atoms with Gasteiger partial charge in [-0.1, -0.05) is 11.6 Å². The number of nitrogens with zero attached hydrogens (tertiary/aromatic N) is 1. The van der Waals surface area contributed by atoms with Gasteiger partial charge in [-0.2, -0.15) is 0 Å². The maximum atomic E-state index is 13.3. The van der Waals surface area contributed by atoms with E-state index in [1.165, 1.54) is 11.3 Å². The van der Waals surface area contributed by atoms with Crippen molar-refractivity contribution in [3.63, 3.8) is 0 Å². The summed E-state index contributed by atoms with van der Waals surface area (Å²) in [5.41, 5.74) is 1.79. The summed E-state index contributed by atoms with van der Waals surface area (Å²) in [4.78, 5) is 4.83. The summed E-state index contributed by atoms with van der Waals surface area (Å²) in [7, 11) is 0. The maximum Gasteiger partial charge on any atom is 0.150 e. The van der Waals surface area contributed by atoms with Crippen LogP contribution in [0.5, 0.6) is 0 Å². The number of halogens is 3. The molecule has 0 spiro atoms. The van der Waals surface area contributed by atoms with Gasteiger partial charge in [0.1, 0.15) is 5.82 Å². The average Bonchev–Trinajstić information content (AvgIpc) is 2.68. The Morgan fingerprint density at radius 2 is 2.19 bits per heavy atom. The molecule has 0 aliphatic rings. The molecular formula is C10H7ClF2N2S. The summed E-state index contributed by atoms with van der Waals surface area (Å²) < 4.78 is 26.1. The molecule has 0 fully saturated rings. The third-order valence-electron chi connectivity index (χ3n) is 1.93. The van der Waals surface area contributed by atoms with Gasteiger partial charge in [-0.15, -0.1) is 11.3 Å². The lowest BCUT2D eigenvalue weighted by Gasteiger charge is -2.08. The summed E-state index contributed by atoms with van der Waals surface area (Å²) in [6.45, 7) is 0.410. The normalized spacial score (nSPS) is 10.4. The zero-order chi connectivity index (χ0) is 11.5. The molecule has 84 valence electrons. The Labute approximate surface area is 99.9 Å². The Bertz CT molecular complexity index is 465. The van der Waals surface area contributed by atoms with Crippen LogP contribution in [0.3, 0.4) is 0 Å². The summed E-state index contributed by atoms with van der Waals surface area (Å²) in [6, 6.07) is 1.86. The van der Waals surface area contributed by atoms with Gasteiger partial charge in [0.05, 0.1) is 22.8 Å². The first-order chi connectivity index (χ1) is 7.66. The minimum absolute atomic E-state index is 0.0296. The van der Waals surface area contributed by atoms with Crippen LogP contribution >= 0.6 is 22.9 Å². The average molecular weight is 261 g/mol. The topological polar surface area (TPSA) is 24.9 Å². The van der Waals surface area contributed by atoms with Crippen molar-refractivity contribution in [2.45, 2.75) is 6.54 Å². The molecule has 0 radical (unpaired) electrons. The molecule has 0 aliphatic heterocycles. The second kappa shape index (κ2) is 4.76. The molecule has 0 aliphatic carbocycles. The number of aromatic nitrogens is 1. The Morgan fingerprint density at radius 1 is 1.38 bits per heavy atom. The fourth-order valence-corrected chi connectivity index (χ4v) is 2.01. The smallest absolute Gasteiger partial charge is 0.150 e. The van der Waals surface area contributed by atoms with Crippen LogP contribution in [0.2, 0.25) is 5.02 Å². The van der Waals surface area contributed by atoms with Gasteiger partial charge in [0, 0.05) is 17.1 Å². The first-order valence-corrected chi connectivity index (χ1v) is 5.68. The van der Waals surface area contributed by atoms with Gasteiger partial charge in [-0.3, -0.25) is 4.98 Å². The first-order valence-electron chi connectivity index (χ1n) is 4.42. The lowest BCUT2D eigenvalue weighted by Crippen LogP contribution is -2.01. The predicted molar refractivity (Wildman–Crippen MR) is 60.8 cm³/mol. The maximum absolute atomic E-state index is 13.3. The molecule has 2 aromatic rings. The third-order valence-corrected chi connectivity index (χ3v) is 3.01. The van der Waals surface area contributed by atoms with Crippen molar-refractivity contribution in [1.82, 2.24) is 4.98 Å². The lowest BCUT2D eigenvalue weighted by molar-refractivity contribution is 0.585. The van der Waals surface area contributed by atoms with E-state index in [9.17, 15) is 8.78 Å². The molecule has 16 heavy (non-hydrogen) atoms. The highest BCUT2D eigenvalue weighted by Gasteiger charge is 2.09. The molecule has 0 unspecified atom stereocenters. The van der Waals surface area contributed by atoms with Gasteiger partial charge in [0.15, 0.2) is 5.82 Å². The molecule has 2 rings (SSSR count). The molecule has 1 heterocycles. The minimum atomic E-state index is -0.700. The summed E-state index contributed by atoms with van der Waals surface area (Å²) in [6.07, 6.45) is 1.67. The van der Waals surface area contributed by atoms with Crippen molar-refractivity contribution in [3.05, 3.63) is 45.4 Å². The van der Waals surface area contributed by atoms with Gasteiger partial charge in [-0.25, -0.2) is 8.78 Å². The number of thiazole rings is 1. The summed E-state index contributed by atoms with van der Waals surface area (Å²) in [5.74, 6) is -1.39. The van der Waals surface area contributed by atoms with Gasteiger partial charge in [0.25, 0.3) is 0 Å². The minimum Gasteiger partial charge on any atom is -0.377 e. The number of benzene rings is 1. The Balaban J connectivity index is 2.15. The second-order valence-electron chi connectivity index (χ2n) is 3.07. The van der Waals surface area contributed by atoms with Gasteiger partial charge >= 0.3 is 0 Å². The van der Waals surface area contributed by atoms with E-state index in [1.807, 2.05) is 0 Å². The molecule has 1 N–H and O–H groups in total. The van der Waals surface area contributed by atoms with E-state index in [1.54, 1.807) is 11.7 Å². The van der Waals surface area contributed by atoms with E-state index in [0.717, 1.165) is 17.0 Å². The van der Waals surface area contributed by atoms with Crippen molar-refractivity contribution in [1.29, 1.82) is 0 Å². The summed E-state index contributed by atoms with van der Waals surface area (Å²) in [5, 5.41) is 2.84. The van der Waals surface area contributed by atoms with Crippen molar-refractivity contribution in [3.8, 4) is 0 Å². The standard InChI is InChI=1S/C10H7ClF2N2S/c11-8-1-6(12)2-9(13)10(8)15-4-7-3-14-5-16-7/h1-3,5,15H,4H2. The van der Waals surface area contributed by atoms with Crippen LogP contribution in [0.25, 0.3) is 0 Å². The van der Waals surface area contributed by atoms with E-state index in [-0.39, 0.29) is 10.7 Å². The van der Waals surface area contributed by atoms with Crippen LogP contribution in [0.4, 0.5) is 14.5 Å². The molecule has 1 aromatic carbocycles. The molecule has 2 nitrogen and oxygen atoms in total. The zero-order valence-corrected chi connectivity index (χ0v) is 9.58. The number of hydrogen-bond acceptors (Lipinski definition) is 3. The lowest BCUT2D eigenvalue weighted by atomic mass is 10.3. The molecule has 0 atom stereocenters. The SMILES string of the molecule is Fc1cc(F)c(NCc2cncs2)c(Cl)c1. The number of hydrogen-bond donors (Lipinski definition) is 1. The number of anilines is 1. The molecule has 0 bridgehead atoms. The Morgan fingerprint density at radius 3 is 2.81 bits per heavy atom. The van der Waals surface area contributed by atoms with Crippen LogP contribution in [-0.2, 0) is 6.54 Å². The highest BCUT2D eigenvalue weighted by molar-refractivity contribution is 7.09. The van der Waals surface area contributed by atoms with E-state index >= 15 is 0 Å². The highest BCUT2D eigenvalue weighted by Crippen LogP contribution is 2.27. The van der Waals surface area contributed by atoms with Crippen molar-refractivity contribution < 1.29 is 8.78 Å². The largest absolute Gasteiger partial charge is 0.377 e. The molecule has 0 saturated carbocycles. The van der Waals surface area contributed by atoms with Crippen LogP contribution in [0, 0.1) is 11.6 Å². The monoisotopic (exact) mass is 260 g/mol. The van der Waals surface area contributed by atoms with Crippen LogP contribution < -0.4 is 5.32 Å². The van der Waals surface area contributed by atoms with Crippen LogP contribution in [0.1, 0.15) is 4.88 Å². The molecule has 0 saturated heterocycles. The van der Waals surface area contributed by atoms with E-state index < -0.39 is 11.6 Å². The predicted octanol–water partition coefficient (Wildman–Crippen LogP) is 3.69. The number of nitrogens with one attached hydrogen (secondary N) is 1. The molecule has 6 heteroatoms. The van der Waals surface area contributed by atoms with Crippen LogP contribution in [0.15, 0.2) is 23.8 Å². The Kier molecular flexibility index (Phi) is 3.36. The number of rotatable bonds is 3. The summed E-state index contributed by atoms with van der Waals surface area (Å²) >= 11 is 7.16. The zero-order valence-electron chi connectivity index (χ0n) is 8.01. The van der Waals surface area contributed by atoms with E-state index in [4.69, 9.17) is 11.6 Å². The van der Waals surface area contributed by atoms with Gasteiger partial charge in [0.2, 0.25) is 0 Å². The quantitative estimate of drug-likeness (QED) is 0.910. The fraction of sp³-hybridized carbons (Fsp3) is 0.100. The first kappa shape index (κ1) is 11.3. The van der Waals surface area contributed by atoms with E-state index in [0.29, 0.717) is 6.54 Å².